The molecule has 1 aliphatic heterocycles. The summed E-state index contributed by atoms with van der Waals surface area (Å²) >= 11 is 0. The Labute approximate surface area is 185 Å². The number of hydrogen-bond donors (Lipinski definition) is 1. The zero-order valence-electron chi connectivity index (χ0n) is 17.9. The summed E-state index contributed by atoms with van der Waals surface area (Å²) < 4.78 is 10.9. The number of anilines is 1. The fraction of sp³-hybridized carbons (Fsp3) is 0.304. The number of carbonyl (C=O) groups is 2. The van der Waals surface area contributed by atoms with Crippen molar-refractivity contribution in [2.75, 3.05) is 24.7 Å². The molecule has 2 aromatic carbocycles. The molecule has 1 aromatic heterocycles. The summed E-state index contributed by atoms with van der Waals surface area (Å²) in [5.41, 5.74) is 2.74. The van der Waals surface area contributed by atoms with E-state index in [0.29, 0.717) is 35.3 Å². The van der Waals surface area contributed by atoms with E-state index in [1.165, 1.54) is 4.90 Å². The zero-order valence-corrected chi connectivity index (χ0v) is 17.9. The van der Waals surface area contributed by atoms with Crippen molar-refractivity contribution < 1.29 is 23.8 Å². The van der Waals surface area contributed by atoms with Crippen molar-refractivity contribution in [3.05, 3.63) is 70.9 Å². The highest BCUT2D eigenvalue weighted by molar-refractivity contribution is 6.10. The van der Waals surface area contributed by atoms with Crippen molar-refractivity contribution in [1.29, 1.82) is 0 Å². The standard InChI is InChI=1S/C23H24N4O5/c1-15-11-18(31-10-9-28)7-8-19(15)23(30)27-14-22(29)26(13-21-25-24-16(2)32-21)12-17-5-3-4-6-20(17)27/h3-8,11,28H,9-10,12-14H2,1-2H3. The molecule has 32 heavy (non-hydrogen) atoms. The number of fused-ring (bicyclic) bond motifs is 1. The van der Waals surface area contributed by atoms with Crippen LogP contribution in [0.25, 0.3) is 0 Å². The van der Waals surface area contributed by atoms with Crippen LogP contribution >= 0.6 is 0 Å². The van der Waals surface area contributed by atoms with Crippen LogP contribution in [0.1, 0.15) is 33.3 Å². The molecule has 2 amide bonds. The molecule has 9 nitrogen and oxygen atoms in total. The van der Waals surface area contributed by atoms with Gasteiger partial charge in [0.2, 0.25) is 17.7 Å². The molecule has 2 heterocycles. The number of nitrogens with zero attached hydrogens (tertiary/aromatic N) is 4. The maximum atomic E-state index is 13.5. The van der Waals surface area contributed by atoms with Gasteiger partial charge in [0.05, 0.1) is 13.2 Å². The largest absolute Gasteiger partial charge is 0.491 e. The maximum Gasteiger partial charge on any atom is 0.259 e. The van der Waals surface area contributed by atoms with Gasteiger partial charge in [-0.3, -0.25) is 14.5 Å². The van der Waals surface area contributed by atoms with Crippen LogP contribution in [0.5, 0.6) is 5.75 Å². The average molecular weight is 436 g/mol. The molecule has 166 valence electrons. The lowest BCUT2D eigenvalue weighted by Crippen LogP contribution is -2.40. The molecule has 0 unspecified atom stereocenters. The van der Waals surface area contributed by atoms with Crippen molar-refractivity contribution in [3.8, 4) is 5.75 Å². The fourth-order valence-electron chi connectivity index (χ4n) is 3.69. The minimum absolute atomic E-state index is 0.0912. The van der Waals surface area contributed by atoms with Gasteiger partial charge in [-0.05, 0) is 42.3 Å². The third kappa shape index (κ3) is 4.47. The molecule has 0 aliphatic carbocycles. The lowest BCUT2D eigenvalue weighted by Gasteiger charge is -2.23. The van der Waals surface area contributed by atoms with Crippen molar-refractivity contribution in [1.82, 2.24) is 15.1 Å². The van der Waals surface area contributed by atoms with Crippen molar-refractivity contribution in [3.63, 3.8) is 0 Å². The number of ether oxygens (including phenoxy) is 1. The van der Waals surface area contributed by atoms with E-state index in [2.05, 4.69) is 10.2 Å². The molecule has 0 bridgehead atoms. The lowest BCUT2D eigenvalue weighted by molar-refractivity contribution is -0.131. The first-order valence-electron chi connectivity index (χ1n) is 10.3. The summed E-state index contributed by atoms with van der Waals surface area (Å²) in [7, 11) is 0. The highest BCUT2D eigenvalue weighted by Gasteiger charge is 2.31. The normalized spacial score (nSPS) is 13.7. The highest BCUT2D eigenvalue weighted by atomic mass is 16.5. The Morgan fingerprint density at radius 1 is 1.16 bits per heavy atom. The number of aliphatic hydroxyl groups is 1. The summed E-state index contributed by atoms with van der Waals surface area (Å²) in [6, 6.07) is 12.6. The first-order chi connectivity index (χ1) is 15.5. The van der Waals surface area contributed by atoms with Gasteiger partial charge in [0.25, 0.3) is 5.91 Å². The minimum Gasteiger partial charge on any atom is -0.491 e. The Morgan fingerprint density at radius 2 is 1.97 bits per heavy atom. The van der Waals surface area contributed by atoms with Crippen LogP contribution in [0.15, 0.2) is 46.9 Å². The quantitative estimate of drug-likeness (QED) is 0.631. The van der Waals surface area contributed by atoms with Gasteiger partial charge in [0, 0.05) is 24.7 Å². The molecule has 3 aromatic rings. The van der Waals surface area contributed by atoms with Gasteiger partial charge in [-0.15, -0.1) is 10.2 Å². The van der Waals surface area contributed by atoms with Crippen molar-refractivity contribution in [2.24, 2.45) is 0 Å². The van der Waals surface area contributed by atoms with Crippen LogP contribution in [-0.4, -0.2) is 51.8 Å². The molecule has 9 heteroatoms. The smallest absolute Gasteiger partial charge is 0.259 e. The maximum absolute atomic E-state index is 13.5. The van der Waals surface area contributed by atoms with Gasteiger partial charge in [-0.25, -0.2) is 0 Å². The minimum atomic E-state index is -0.271. The number of aromatic nitrogens is 2. The zero-order chi connectivity index (χ0) is 22.7. The van der Waals surface area contributed by atoms with Crippen LogP contribution in [0, 0.1) is 13.8 Å². The summed E-state index contributed by atoms with van der Waals surface area (Å²) in [6.45, 7) is 3.99. The van der Waals surface area contributed by atoms with E-state index in [-0.39, 0.29) is 38.1 Å². The molecule has 1 N–H and O–H groups in total. The predicted molar refractivity (Wildman–Crippen MR) is 115 cm³/mol. The van der Waals surface area contributed by atoms with Crippen LogP contribution in [0.2, 0.25) is 0 Å². The summed E-state index contributed by atoms with van der Waals surface area (Å²) in [5.74, 6) is 0.865. The monoisotopic (exact) mass is 436 g/mol. The molecule has 1 aliphatic rings. The molecule has 0 radical (unpaired) electrons. The summed E-state index contributed by atoms with van der Waals surface area (Å²) in [6.07, 6.45) is 0. The van der Waals surface area contributed by atoms with E-state index < -0.39 is 0 Å². The van der Waals surface area contributed by atoms with E-state index in [0.717, 1.165) is 11.1 Å². The topological polar surface area (TPSA) is 109 Å². The molecule has 0 fully saturated rings. The molecular formula is C23H24N4O5. The number of hydrogen-bond acceptors (Lipinski definition) is 7. The number of amides is 2. The SMILES string of the molecule is Cc1nnc(CN2Cc3ccccc3N(C(=O)c3ccc(OCCO)cc3C)CC2=O)o1. The number of para-hydroxylation sites is 1. The van der Waals surface area contributed by atoms with Gasteiger partial charge >= 0.3 is 0 Å². The number of aryl methyl sites for hydroxylation is 2. The fourth-order valence-corrected chi connectivity index (χ4v) is 3.69. The Balaban J connectivity index is 1.63. The summed E-state index contributed by atoms with van der Waals surface area (Å²) in [5, 5.41) is 16.7. The third-order valence-corrected chi connectivity index (χ3v) is 5.22. The van der Waals surface area contributed by atoms with E-state index >= 15 is 0 Å². The molecule has 0 saturated heterocycles. The highest BCUT2D eigenvalue weighted by Crippen LogP contribution is 2.29. The van der Waals surface area contributed by atoms with E-state index in [9.17, 15) is 9.59 Å². The van der Waals surface area contributed by atoms with Crippen LogP contribution in [0.3, 0.4) is 0 Å². The lowest BCUT2D eigenvalue weighted by atomic mass is 10.1. The Morgan fingerprint density at radius 3 is 2.69 bits per heavy atom. The predicted octanol–water partition coefficient (Wildman–Crippen LogP) is 2.25. The molecule has 0 spiro atoms. The molecule has 0 atom stereocenters. The average Bonchev–Trinajstić information content (AvgIpc) is 3.13. The number of rotatable bonds is 6. The van der Waals surface area contributed by atoms with Gasteiger partial charge in [0.1, 0.15) is 18.9 Å². The second-order valence-electron chi connectivity index (χ2n) is 7.53. The van der Waals surface area contributed by atoms with Crippen LogP contribution < -0.4 is 9.64 Å². The van der Waals surface area contributed by atoms with Crippen molar-refractivity contribution >= 4 is 17.5 Å². The molecular weight excluding hydrogens is 412 g/mol. The van der Waals surface area contributed by atoms with E-state index in [1.807, 2.05) is 31.2 Å². The van der Waals surface area contributed by atoms with Gasteiger partial charge in [-0.1, -0.05) is 18.2 Å². The number of aliphatic hydroxyl groups excluding tert-OH is 1. The van der Waals surface area contributed by atoms with E-state index in [4.69, 9.17) is 14.3 Å². The van der Waals surface area contributed by atoms with Gasteiger partial charge < -0.3 is 19.2 Å². The Bertz CT molecular complexity index is 1140. The first kappa shape index (κ1) is 21.5. The van der Waals surface area contributed by atoms with Crippen molar-refractivity contribution in [2.45, 2.75) is 26.9 Å². The Hall–Kier alpha value is -3.72. The second-order valence-corrected chi connectivity index (χ2v) is 7.53. The molecule has 0 saturated carbocycles. The number of carbonyl (C=O) groups excluding carboxylic acids is 2. The van der Waals surface area contributed by atoms with Crippen LogP contribution in [0.4, 0.5) is 5.69 Å². The first-order valence-corrected chi connectivity index (χ1v) is 10.3. The van der Waals surface area contributed by atoms with Gasteiger partial charge in [0.15, 0.2) is 0 Å². The van der Waals surface area contributed by atoms with Crippen LogP contribution in [-0.2, 0) is 17.9 Å². The second kappa shape index (κ2) is 9.19. The number of benzene rings is 2. The van der Waals surface area contributed by atoms with E-state index in [1.54, 1.807) is 30.0 Å². The van der Waals surface area contributed by atoms with Gasteiger partial charge in [-0.2, -0.15) is 0 Å². The third-order valence-electron chi connectivity index (χ3n) is 5.22. The summed E-state index contributed by atoms with van der Waals surface area (Å²) in [4.78, 5) is 29.7. The Kier molecular flexibility index (Phi) is 6.18. The molecule has 4 rings (SSSR count).